The van der Waals surface area contributed by atoms with Crippen molar-refractivity contribution in [2.75, 3.05) is 39.3 Å². The van der Waals surface area contributed by atoms with Crippen LogP contribution in [0.4, 0.5) is 0 Å². The third-order valence-electron chi connectivity index (χ3n) is 5.76. The number of amides is 1. The van der Waals surface area contributed by atoms with Gasteiger partial charge in [0.1, 0.15) is 5.75 Å². The molecule has 144 valence electrons. The molecule has 2 saturated heterocycles. The Kier molecular flexibility index (Phi) is 6.82. The summed E-state index contributed by atoms with van der Waals surface area (Å²) in [4.78, 5) is 17.1. The molecule has 0 aliphatic carbocycles. The van der Waals surface area contributed by atoms with Gasteiger partial charge in [0, 0.05) is 24.7 Å². The van der Waals surface area contributed by atoms with Crippen LogP contribution in [0.5, 0.6) is 5.75 Å². The smallest absolute Gasteiger partial charge is 0.260 e. The van der Waals surface area contributed by atoms with Gasteiger partial charge in [0.15, 0.2) is 6.61 Å². The van der Waals surface area contributed by atoms with Gasteiger partial charge < -0.3 is 14.5 Å². The number of hydrogen-bond donors (Lipinski definition) is 0. The van der Waals surface area contributed by atoms with E-state index in [9.17, 15) is 4.79 Å². The Morgan fingerprint density at radius 3 is 2.73 bits per heavy atom. The molecular formula is C21H31ClN2O2. The molecule has 26 heavy (non-hydrogen) atoms. The monoisotopic (exact) mass is 378 g/mol. The number of halogens is 1. The summed E-state index contributed by atoms with van der Waals surface area (Å²) in [6.07, 6.45) is 4.95. The Bertz CT molecular complexity index is 614. The van der Waals surface area contributed by atoms with E-state index in [1.807, 2.05) is 30.0 Å². The van der Waals surface area contributed by atoms with Crippen molar-refractivity contribution >= 4 is 17.5 Å². The summed E-state index contributed by atoms with van der Waals surface area (Å²) in [5, 5.41) is 0.717. The molecule has 1 amide bonds. The Labute approximate surface area is 162 Å². The van der Waals surface area contributed by atoms with Gasteiger partial charge in [-0.15, -0.1) is 0 Å². The van der Waals surface area contributed by atoms with Crippen molar-refractivity contribution in [3.63, 3.8) is 0 Å². The minimum atomic E-state index is 0.0922. The largest absolute Gasteiger partial charge is 0.484 e. The van der Waals surface area contributed by atoms with Crippen LogP contribution in [0.15, 0.2) is 18.2 Å². The minimum absolute atomic E-state index is 0.0922. The van der Waals surface area contributed by atoms with Gasteiger partial charge in [0.05, 0.1) is 0 Å². The number of nitrogens with zero attached hydrogens (tertiary/aromatic N) is 2. The fourth-order valence-electron chi connectivity index (χ4n) is 3.99. The van der Waals surface area contributed by atoms with Gasteiger partial charge in [-0.2, -0.15) is 0 Å². The molecule has 1 aromatic carbocycles. The summed E-state index contributed by atoms with van der Waals surface area (Å²) in [5.41, 5.74) is 0.963. The van der Waals surface area contributed by atoms with Crippen LogP contribution in [0.1, 0.15) is 38.2 Å². The first-order chi connectivity index (χ1) is 12.5. The van der Waals surface area contributed by atoms with E-state index < -0.39 is 0 Å². The summed E-state index contributed by atoms with van der Waals surface area (Å²) >= 11 is 6.03. The van der Waals surface area contributed by atoms with Crippen LogP contribution in [0, 0.1) is 18.8 Å². The van der Waals surface area contributed by atoms with E-state index in [0.29, 0.717) is 11.7 Å². The second-order valence-electron chi connectivity index (χ2n) is 8.03. The highest BCUT2D eigenvalue weighted by atomic mass is 35.5. The lowest BCUT2D eigenvalue weighted by atomic mass is 9.94. The van der Waals surface area contributed by atoms with Crippen LogP contribution >= 0.6 is 11.6 Å². The van der Waals surface area contributed by atoms with Crippen LogP contribution in [0.3, 0.4) is 0 Å². The van der Waals surface area contributed by atoms with Gasteiger partial charge >= 0.3 is 0 Å². The fraction of sp³-hybridized carbons (Fsp3) is 0.667. The van der Waals surface area contributed by atoms with Crippen molar-refractivity contribution < 1.29 is 9.53 Å². The number of ether oxygens (including phenoxy) is 1. The first kappa shape index (κ1) is 19.5. The summed E-state index contributed by atoms with van der Waals surface area (Å²) in [6.45, 7) is 9.68. The maximum atomic E-state index is 12.6. The van der Waals surface area contributed by atoms with Gasteiger partial charge in [-0.3, -0.25) is 4.79 Å². The molecule has 0 N–H and O–H groups in total. The summed E-state index contributed by atoms with van der Waals surface area (Å²) in [7, 11) is 0. The van der Waals surface area contributed by atoms with Gasteiger partial charge in [0.25, 0.3) is 5.91 Å². The van der Waals surface area contributed by atoms with Crippen molar-refractivity contribution in [3.05, 3.63) is 28.8 Å². The SMILES string of the molecule is Cc1cc(OCC(=O)N2CCCC(CN3CCC(C)CC3)C2)ccc1Cl. The lowest BCUT2D eigenvalue weighted by Crippen LogP contribution is -2.46. The molecule has 4 nitrogen and oxygen atoms in total. The van der Waals surface area contributed by atoms with Crippen LogP contribution in [0.2, 0.25) is 5.02 Å². The Morgan fingerprint density at radius 1 is 1.23 bits per heavy atom. The predicted molar refractivity (Wildman–Crippen MR) is 106 cm³/mol. The van der Waals surface area contributed by atoms with Crippen molar-refractivity contribution in [2.45, 2.75) is 39.5 Å². The molecule has 2 fully saturated rings. The number of carbonyl (C=O) groups is 1. The maximum absolute atomic E-state index is 12.6. The maximum Gasteiger partial charge on any atom is 0.260 e. The molecule has 0 aromatic heterocycles. The molecule has 2 aliphatic rings. The zero-order valence-corrected chi connectivity index (χ0v) is 16.8. The number of piperidine rings is 2. The molecule has 2 heterocycles. The third kappa shape index (κ3) is 5.37. The summed E-state index contributed by atoms with van der Waals surface area (Å²) in [6, 6.07) is 5.51. The summed E-state index contributed by atoms with van der Waals surface area (Å²) in [5.74, 6) is 2.26. The van der Waals surface area contributed by atoms with E-state index in [0.717, 1.165) is 42.6 Å². The molecule has 2 aliphatic heterocycles. The number of rotatable bonds is 5. The molecule has 0 spiro atoms. The molecule has 5 heteroatoms. The second kappa shape index (κ2) is 9.09. The predicted octanol–water partition coefficient (Wildman–Crippen LogP) is 4.00. The zero-order valence-electron chi connectivity index (χ0n) is 16.0. The Hall–Kier alpha value is -1.26. The van der Waals surface area contributed by atoms with Crippen molar-refractivity contribution in [3.8, 4) is 5.75 Å². The summed E-state index contributed by atoms with van der Waals surface area (Å²) < 4.78 is 5.69. The van der Waals surface area contributed by atoms with Crippen molar-refractivity contribution in [1.29, 1.82) is 0 Å². The second-order valence-corrected chi connectivity index (χ2v) is 8.44. The average molecular weight is 379 g/mol. The average Bonchev–Trinajstić information content (AvgIpc) is 2.64. The van der Waals surface area contributed by atoms with E-state index in [-0.39, 0.29) is 12.5 Å². The van der Waals surface area contributed by atoms with E-state index in [1.54, 1.807) is 0 Å². The molecular weight excluding hydrogens is 348 g/mol. The lowest BCUT2D eigenvalue weighted by molar-refractivity contribution is -0.135. The van der Waals surface area contributed by atoms with Crippen LogP contribution < -0.4 is 4.74 Å². The topological polar surface area (TPSA) is 32.8 Å². The van der Waals surface area contributed by atoms with Gasteiger partial charge in [0.2, 0.25) is 0 Å². The Balaban J connectivity index is 1.45. The number of aryl methyl sites for hydroxylation is 1. The molecule has 0 radical (unpaired) electrons. The Morgan fingerprint density at radius 2 is 2.00 bits per heavy atom. The molecule has 1 atom stereocenters. The number of benzene rings is 1. The number of hydrogen-bond acceptors (Lipinski definition) is 3. The van der Waals surface area contributed by atoms with Crippen LogP contribution in [-0.2, 0) is 4.79 Å². The lowest BCUT2D eigenvalue weighted by Gasteiger charge is -2.37. The van der Waals surface area contributed by atoms with Crippen LogP contribution in [-0.4, -0.2) is 55.0 Å². The van der Waals surface area contributed by atoms with Gasteiger partial charge in [-0.05, 0) is 81.3 Å². The van der Waals surface area contributed by atoms with Gasteiger partial charge in [-0.25, -0.2) is 0 Å². The zero-order chi connectivity index (χ0) is 18.5. The standard InChI is InChI=1S/C21H31ClN2O2/c1-16-7-10-23(11-8-16)13-18-4-3-9-24(14-18)21(25)15-26-19-5-6-20(22)17(2)12-19/h5-6,12,16,18H,3-4,7-11,13-15H2,1-2H3. The first-order valence-electron chi connectivity index (χ1n) is 9.90. The molecule has 0 bridgehead atoms. The van der Waals surface area contributed by atoms with Crippen LogP contribution in [0.25, 0.3) is 0 Å². The fourth-order valence-corrected chi connectivity index (χ4v) is 4.11. The normalized spacial score (nSPS) is 22.4. The van der Waals surface area contributed by atoms with E-state index in [2.05, 4.69) is 11.8 Å². The van der Waals surface area contributed by atoms with E-state index >= 15 is 0 Å². The molecule has 1 unspecified atom stereocenters. The molecule has 3 rings (SSSR count). The third-order valence-corrected chi connectivity index (χ3v) is 6.18. The highest BCUT2D eigenvalue weighted by molar-refractivity contribution is 6.31. The highest BCUT2D eigenvalue weighted by Crippen LogP contribution is 2.23. The van der Waals surface area contributed by atoms with E-state index in [4.69, 9.17) is 16.3 Å². The minimum Gasteiger partial charge on any atom is -0.484 e. The van der Waals surface area contributed by atoms with Crippen molar-refractivity contribution in [1.82, 2.24) is 9.80 Å². The molecule has 0 saturated carbocycles. The number of likely N-dealkylation sites (tertiary alicyclic amines) is 2. The number of carbonyl (C=O) groups excluding carboxylic acids is 1. The first-order valence-corrected chi connectivity index (χ1v) is 10.3. The molecule has 1 aromatic rings. The van der Waals surface area contributed by atoms with Crippen molar-refractivity contribution in [2.24, 2.45) is 11.8 Å². The quantitative estimate of drug-likeness (QED) is 0.776. The van der Waals surface area contributed by atoms with E-state index in [1.165, 1.54) is 32.4 Å². The highest BCUT2D eigenvalue weighted by Gasteiger charge is 2.26. The van der Waals surface area contributed by atoms with Gasteiger partial charge in [-0.1, -0.05) is 18.5 Å².